The second kappa shape index (κ2) is 12.5. The third-order valence-corrected chi connectivity index (χ3v) is 10.5. The molecule has 220 valence electrons. The minimum Gasteiger partial charge on any atom is -0.493 e. The van der Waals surface area contributed by atoms with Crippen molar-refractivity contribution in [3.63, 3.8) is 0 Å². The lowest BCUT2D eigenvalue weighted by Gasteiger charge is -2.45. The monoisotopic (exact) mass is 552 g/mol. The van der Waals surface area contributed by atoms with Gasteiger partial charge >= 0.3 is 0 Å². The van der Waals surface area contributed by atoms with Crippen LogP contribution in [0.25, 0.3) is 0 Å². The summed E-state index contributed by atoms with van der Waals surface area (Å²) in [5, 5.41) is 9.44. The average Bonchev–Trinajstić information content (AvgIpc) is 3.26. The molecule has 2 aliphatic heterocycles. The van der Waals surface area contributed by atoms with Gasteiger partial charge in [-0.1, -0.05) is 51.3 Å². The van der Waals surface area contributed by atoms with Crippen LogP contribution in [0.1, 0.15) is 83.7 Å². The molecule has 0 aromatic heterocycles. The summed E-state index contributed by atoms with van der Waals surface area (Å²) >= 11 is 0. The zero-order valence-corrected chi connectivity index (χ0v) is 24.7. The smallest absolute Gasteiger partial charge is 0.246 e. The highest BCUT2D eigenvalue weighted by Crippen LogP contribution is 2.47. The average molecular weight is 553 g/mol. The number of likely N-dealkylation sites (N-methyl/N-ethyl adjacent to an activating group) is 1. The number of para-hydroxylation sites is 1. The van der Waals surface area contributed by atoms with Gasteiger partial charge in [-0.15, -0.1) is 0 Å². The Labute approximate surface area is 239 Å². The number of fused-ring (bicyclic) bond motifs is 2. The quantitative estimate of drug-likeness (QED) is 0.478. The van der Waals surface area contributed by atoms with Gasteiger partial charge in [-0.2, -0.15) is 0 Å². The highest BCUT2D eigenvalue weighted by Gasteiger charge is 2.50. The van der Waals surface area contributed by atoms with Crippen LogP contribution in [0.4, 0.5) is 0 Å². The summed E-state index contributed by atoms with van der Waals surface area (Å²) in [5.74, 6) is 2.48. The van der Waals surface area contributed by atoms with E-state index < -0.39 is 18.1 Å². The van der Waals surface area contributed by atoms with Crippen LogP contribution < -0.4 is 20.7 Å². The molecular formula is C32H48N4O4. The molecule has 8 nitrogen and oxygen atoms in total. The van der Waals surface area contributed by atoms with Crippen LogP contribution in [-0.2, 0) is 14.4 Å². The lowest BCUT2D eigenvalue weighted by Crippen LogP contribution is -2.62. The van der Waals surface area contributed by atoms with Crippen LogP contribution >= 0.6 is 0 Å². The largest absolute Gasteiger partial charge is 0.493 e. The summed E-state index contributed by atoms with van der Waals surface area (Å²) in [4.78, 5) is 43.5. The molecule has 3 N–H and O–H groups in total. The summed E-state index contributed by atoms with van der Waals surface area (Å²) in [7, 11) is 1.75. The molecule has 2 heterocycles. The topological polar surface area (TPSA) is 99.8 Å². The molecule has 0 radical (unpaired) electrons. The zero-order chi connectivity index (χ0) is 28.4. The standard InChI is InChI=1S/C32H48N4O4/c1-19-16-23-18-36(32(39)29(22-10-6-5-7-11-22)35-30(37)21(3)33-4)27(17-25(23)20(19)2)31(38)34-26-14-15-40-28-13-9-8-12-24(26)28/h8-9,12-13,19-23,25-27,29,33H,5-7,10-11,14-18H2,1-4H3,(H,34,38)(H,35,37)/t19?,20?,21-,23+,25?,26+,27-,29-/m0/s1. The van der Waals surface area contributed by atoms with Gasteiger partial charge in [0, 0.05) is 18.5 Å². The molecule has 1 aromatic rings. The number of amides is 3. The first-order chi connectivity index (χ1) is 19.3. The van der Waals surface area contributed by atoms with Crippen molar-refractivity contribution in [3.05, 3.63) is 29.8 Å². The van der Waals surface area contributed by atoms with E-state index in [2.05, 4.69) is 29.8 Å². The lowest BCUT2D eigenvalue weighted by atomic mass is 9.78. The van der Waals surface area contributed by atoms with Gasteiger partial charge < -0.3 is 25.6 Å². The number of carbonyl (C=O) groups excluding carboxylic acids is 3. The van der Waals surface area contributed by atoms with E-state index >= 15 is 0 Å². The van der Waals surface area contributed by atoms with Crippen LogP contribution in [0.15, 0.2) is 24.3 Å². The van der Waals surface area contributed by atoms with E-state index in [0.717, 1.165) is 43.4 Å². The van der Waals surface area contributed by atoms with Gasteiger partial charge in [0.1, 0.15) is 17.8 Å². The van der Waals surface area contributed by atoms with Crippen LogP contribution in [0, 0.1) is 29.6 Å². The first kappa shape index (κ1) is 28.9. The Hall–Kier alpha value is -2.61. The van der Waals surface area contributed by atoms with Crippen molar-refractivity contribution in [1.82, 2.24) is 20.9 Å². The van der Waals surface area contributed by atoms with E-state index in [4.69, 9.17) is 4.74 Å². The molecule has 8 atom stereocenters. The highest BCUT2D eigenvalue weighted by molar-refractivity contribution is 5.93. The maximum Gasteiger partial charge on any atom is 0.246 e. The molecule has 4 aliphatic rings. The van der Waals surface area contributed by atoms with E-state index in [1.807, 2.05) is 36.1 Å². The molecule has 1 saturated heterocycles. The van der Waals surface area contributed by atoms with Crippen molar-refractivity contribution in [3.8, 4) is 5.75 Å². The fourth-order valence-corrected chi connectivity index (χ4v) is 7.79. The summed E-state index contributed by atoms with van der Waals surface area (Å²) < 4.78 is 5.83. The maximum absolute atomic E-state index is 14.5. The molecule has 5 rings (SSSR count). The third-order valence-electron chi connectivity index (χ3n) is 10.5. The number of nitrogens with zero attached hydrogens (tertiary/aromatic N) is 1. The predicted molar refractivity (Wildman–Crippen MR) is 155 cm³/mol. The molecule has 0 bridgehead atoms. The fourth-order valence-electron chi connectivity index (χ4n) is 7.79. The Morgan fingerprint density at radius 1 is 1.02 bits per heavy atom. The van der Waals surface area contributed by atoms with Crippen LogP contribution in [0.2, 0.25) is 0 Å². The summed E-state index contributed by atoms with van der Waals surface area (Å²) in [6.45, 7) is 7.55. The Bertz CT molecular complexity index is 1070. The summed E-state index contributed by atoms with van der Waals surface area (Å²) in [5.41, 5.74) is 0.991. The Kier molecular flexibility index (Phi) is 9.03. The zero-order valence-electron chi connectivity index (χ0n) is 24.7. The van der Waals surface area contributed by atoms with E-state index in [1.54, 1.807) is 7.05 Å². The molecular weight excluding hydrogens is 504 g/mol. The lowest BCUT2D eigenvalue weighted by molar-refractivity contribution is -0.149. The van der Waals surface area contributed by atoms with Crippen molar-refractivity contribution < 1.29 is 19.1 Å². The van der Waals surface area contributed by atoms with Gasteiger partial charge in [0.05, 0.1) is 18.7 Å². The van der Waals surface area contributed by atoms with Gasteiger partial charge in [-0.3, -0.25) is 14.4 Å². The van der Waals surface area contributed by atoms with E-state index in [-0.39, 0.29) is 29.7 Å². The van der Waals surface area contributed by atoms with Gasteiger partial charge in [0.2, 0.25) is 17.7 Å². The Morgan fingerprint density at radius 2 is 1.77 bits per heavy atom. The number of likely N-dealkylation sites (tertiary alicyclic amines) is 1. The molecule has 3 amide bonds. The number of benzene rings is 1. The van der Waals surface area contributed by atoms with Gasteiger partial charge in [0.25, 0.3) is 0 Å². The van der Waals surface area contributed by atoms with Crippen molar-refractivity contribution in [2.24, 2.45) is 29.6 Å². The molecule has 8 heteroatoms. The van der Waals surface area contributed by atoms with Gasteiger partial charge in [-0.25, -0.2) is 0 Å². The van der Waals surface area contributed by atoms with Crippen LogP contribution in [-0.4, -0.2) is 60.9 Å². The van der Waals surface area contributed by atoms with Crippen molar-refractivity contribution >= 4 is 17.7 Å². The first-order valence-electron chi connectivity index (χ1n) is 15.6. The van der Waals surface area contributed by atoms with Gasteiger partial charge in [0.15, 0.2) is 0 Å². The number of hydrogen-bond donors (Lipinski definition) is 3. The number of rotatable bonds is 7. The second-order valence-electron chi connectivity index (χ2n) is 12.9. The normalized spacial score (nSPS) is 31.8. The van der Waals surface area contributed by atoms with E-state index in [9.17, 15) is 14.4 Å². The molecule has 3 unspecified atom stereocenters. The van der Waals surface area contributed by atoms with E-state index in [0.29, 0.717) is 49.7 Å². The SMILES string of the molecule is CN[C@@H](C)C(=O)N[C@H](C(=O)N1C[C@H]2CC(C)C(C)C2C[C@H]1C(=O)N[C@@H]1CCOc2ccccc21)C1CCCCC1. The molecule has 2 aliphatic carbocycles. The molecule has 1 aromatic carbocycles. The van der Waals surface area contributed by atoms with Crippen LogP contribution in [0.3, 0.4) is 0 Å². The number of ether oxygens (including phenoxy) is 1. The first-order valence-corrected chi connectivity index (χ1v) is 15.6. The molecule has 3 fully saturated rings. The minimum absolute atomic E-state index is 0.0817. The Morgan fingerprint density at radius 3 is 2.52 bits per heavy atom. The summed E-state index contributed by atoms with van der Waals surface area (Å²) in [6.07, 6.45) is 7.61. The number of hydrogen-bond acceptors (Lipinski definition) is 5. The van der Waals surface area contributed by atoms with Gasteiger partial charge in [-0.05, 0) is 75.3 Å². The summed E-state index contributed by atoms with van der Waals surface area (Å²) in [6, 6.07) is 6.20. The number of piperidine rings is 1. The second-order valence-corrected chi connectivity index (χ2v) is 12.9. The predicted octanol–water partition coefficient (Wildman–Crippen LogP) is 3.81. The van der Waals surface area contributed by atoms with Crippen molar-refractivity contribution in [1.29, 1.82) is 0 Å². The van der Waals surface area contributed by atoms with Crippen molar-refractivity contribution in [2.75, 3.05) is 20.2 Å². The molecule has 2 saturated carbocycles. The van der Waals surface area contributed by atoms with Crippen molar-refractivity contribution in [2.45, 2.75) is 96.3 Å². The van der Waals surface area contributed by atoms with E-state index in [1.165, 1.54) is 6.42 Å². The Balaban J connectivity index is 1.42. The number of carbonyl (C=O) groups is 3. The molecule has 40 heavy (non-hydrogen) atoms. The fraction of sp³-hybridized carbons (Fsp3) is 0.719. The molecule has 0 spiro atoms. The van der Waals surface area contributed by atoms with Crippen LogP contribution in [0.5, 0.6) is 5.75 Å². The number of nitrogens with one attached hydrogen (secondary N) is 3. The minimum atomic E-state index is -0.601. The maximum atomic E-state index is 14.5. The highest BCUT2D eigenvalue weighted by atomic mass is 16.5. The third kappa shape index (κ3) is 5.88.